The van der Waals surface area contributed by atoms with Crippen molar-refractivity contribution in [3.63, 3.8) is 0 Å². The molecule has 0 bridgehead atoms. The van der Waals surface area contributed by atoms with E-state index >= 15 is 0 Å². The van der Waals surface area contributed by atoms with Crippen molar-refractivity contribution in [2.75, 3.05) is 17.7 Å². The predicted molar refractivity (Wildman–Crippen MR) is 68.4 cm³/mol. The van der Waals surface area contributed by atoms with Gasteiger partial charge in [-0.3, -0.25) is 0 Å². The molecule has 2 rings (SSSR count). The Morgan fingerprint density at radius 3 is 2.44 bits per heavy atom. The van der Waals surface area contributed by atoms with E-state index in [0.29, 0.717) is 10.7 Å². The number of aromatic nitrogens is 1. The van der Waals surface area contributed by atoms with Gasteiger partial charge in [0.2, 0.25) is 0 Å². The minimum atomic E-state index is -0.786. The van der Waals surface area contributed by atoms with E-state index in [0.717, 1.165) is 6.07 Å². The fourth-order valence-corrected chi connectivity index (χ4v) is 1.60. The maximum Gasteiger partial charge on any atom is 0.169 e. The number of halogens is 3. The molecule has 2 N–H and O–H groups in total. The van der Waals surface area contributed by atoms with Gasteiger partial charge in [-0.2, -0.15) is 0 Å². The number of rotatable bonds is 3. The molecule has 0 aliphatic carbocycles. The first-order chi connectivity index (χ1) is 8.61. The first-order valence-electron chi connectivity index (χ1n) is 5.17. The number of hydrogen-bond acceptors (Lipinski definition) is 3. The summed E-state index contributed by atoms with van der Waals surface area (Å²) in [5.41, 5.74) is 0.499. The van der Waals surface area contributed by atoms with Crippen molar-refractivity contribution in [1.29, 1.82) is 0 Å². The van der Waals surface area contributed by atoms with Gasteiger partial charge in [-0.1, -0.05) is 23.7 Å². The number of benzene rings is 1. The number of hydrogen-bond donors (Lipinski definition) is 2. The topological polar surface area (TPSA) is 37.0 Å². The molecule has 3 nitrogen and oxygen atoms in total. The lowest BCUT2D eigenvalue weighted by molar-refractivity contribution is 0.580. The normalized spacial score (nSPS) is 10.2. The van der Waals surface area contributed by atoms with Gasteiger partial charge in [0.15, 0.2) is 23.3 Å². The molecule has 1 aromatic heterocycles. The second kappa shape index (κ2) is 5.18. The molecule has 0 saturated heterocycles. The number of pyridine rings is 1. The highest BCUT2D eigenvalue weighted by Crippen LogP contribution is 2.26. The smallest absolute Gasteiger partial charge is 0.169 e. The maximum absolute atomic E-state index is 13.5. The highest BCUT2D eigenvalue weighted by molar-refractivity contribution is 6.33. The van der Waals surface area contributed by atoms with Crippen molar-refractivity contribution in [2.24, 2.45) is 0 Å². The lowest BCUT2D eigenvalue weighted by atomic mass is 10.3. The highest BCUT2D eigenvalue weighted by atomic mass is 35.5. The van der Waals surface area contributed by atoms with Crippen LogP contribution < -0.4 is 10.6 Å². The zero-order valence-corrected chi connectivity index (χ0v) is 10.2. The van der Waals surface area contributed by atoms with Gasteiger partial charge >= 0.3 is 0 Å². The molecule has 1 aromatic carbocycles. The van der Waals surface area contributed by atoms with Crippen molar-refractivity contribution in [3.05, 3.63) is 47.0 Å². The Morgan fingerprint density at radius 1 is 1.11 bits per heavy atom. The molecule has 0 saturated carbocycles. The fraction of sp³-hybridized carbons (Fsp3) is 0.0833. The zero-order valence-electron chi connectivity index (χ0n) is 9.47. The molecule has 0 aliphatic rings. The van der Waals surface area contributed by atoms with Crippen molar-refractivity contribution < 1.29 is 8.78 Å². The Balaban J connectivity index is 2.38. The Labute approximate surface area is 108 Å². The van der Waals surface area contributed by atoms with Crippen molar-refractivity contribution >= 4 is 28.9 Å². The van der Waals surface area contributed by atoms with E-state index in [1.807, 2.05) is 0 Å². The van der Waals surface area contributed by atoms with Crippen LogP contribution in [0.4, 0.5) is 26.1 Å². The molecule has 94 valence electrons. The van der Waals surface area contributed by atoms with Gasteiger partial charge in [0.05, 0.1) is 10.7 Å². The minimum absolute atomic E-state index is 0.0362. The Hall–Kier alpha value is -1.88. The highest BCUT2D eigenvalue weighted by Gasteiger charge is 2.11. The predicted octanol–water partition coefficient (Wildman–Crippen LogP) is 3.80. The van der Waals surface area contributed by atoms with E-state index < -0.39 is 11.6 Å². The summed E-state index contributed by atoms with van der Waals surface area (Å²) in [6.07, 6.45) is 0. The van der Waals surface area contributed by atoms with Gasteiger partial charge in [-0.15, -0.1) is 0 Å². The van der Waals surface area contributed by atoms with Crippen LogP contribution in [0.25, 0.3) is 0 Å². The van der Waals surface area contributed by atoms with Crippen LogP contribution in [0.3, 0.4) is 0 Å². The molecule has 2 aromatic rings. The molecule has 18 heavy (non-hydrogen) atoms. The summed E-state index contributed by atoms with van der Waals surface area (Å²) in [5.74, 6) is -1.66. The second-order valence-corrected chi connectivity index (χ2v) is 3.91. The summed E-state index contributed by atoms with van der Waals surface area (Å²) in [6.45, 7) is 0. The van der Waals surface area contributed by atoms with Crippen LogP contribution in [0, 0.1) is 11.6 Å². The zero-order chi connectivity index (χ0) is 13.1. The summed E-state index contributed by atoms with van der Waals surface area (Å²) < 4.78 is 26.8. The summed E-state index contributed by atoms with van der Waals surface area (Å²) >= 11 is 5.93. The number of para-hydroxylation sites is 1. The SMILES string of the molecule is CNc1nc(Nc2ccccc2Cl)c(F)cc1F. The molecule has 0 amide bonds. The molecular weight excluding hydrogens is 260 g/mol. The maximum atomic E-state index is 13.5. The lowest BCUT2D eigenvalue weighted by Gasteiger charge is -2.10. The Morgan fingerprint density at radius 2 is 1.78 bits per heavy atom. The van der Waals surface area contributed by atoms with E-state index in [9.17, 15) is 8.78 Å². The second-order valence-electron chi connectivity index (χ2n) is 3.50. The van der Waals surface area contributed by atoms with Crippen LogP contribution in [-0.4, -0.2) is 12.0 Å². The third kappa shape index (κ3) is 2.51. The van der Waals surface area contributed by atoms with E-state index in [1.54, 1.807) is 24.3 Å². The molecule has 6 heteroatoms. The van der Waals surface area contributed by atoms with Crippen molar-refractivity contribution in [1.82, 2.24) is 4.98 Å². The molecule has 0 aliphatic heterocycles. The van der Waals surface area contributed by atoms with Gasteiger partial charge in [0.1, 0.15) is 0 Å². The summed E-state index contributed by atoms with van der Waals surface area (Å²) in [6, 6.07) is 7.59. The van der Waals surface area contributed by atoms with Crippen molar-refractivity contribution in [2.45, 2.75) is 0 Å². The van der Waals surface area contributed by atoms with Crippen molar-refractivity contribution in [3.8, 4) is 0 Å². The summed E-state index contributed by atoms with van der Waals surface area (Å²) in [5, 5.41) is 5.68. The first kappa shape index (κ1) is 12.6. The number of nitrogens with zero attached hydrogens (tertiary/aromatic N) is 1. The summed E-state index contributed by atoms with van der Waals surface area (Å²) in [4.78, 5) is 3.80. The van der Waals surface area contributed by atoms with E-state index in [2.05, 4.69) is 15.6 Å². The average Bonchev–Trinajstić information content (AvgIpc) is 2.35. The first-order valence-corrected chi connectivity index (χ1v) is 5.55. The molecule has 0 spiro atoms. The third-order valence-corrected chi connectivity index (χ3v) is 2.62. The van der Waals surface area contributed by atoms with Gasteiger partial charge in [-0.05, 0) is 12.1 Å². The van der Waals surface area contributed by atoms with Gasteiger partial charge in [0, 0.05) is 13.1 Å². The van der Waals surface area contributed by atoms with E-state index in [4.69, 9.17) is 11.6 Å². The van der Waals surface area contributed by atoms with Crippen LogP contribution >= 0.6 is 11.6 Å². The Bertz CT molecular complexity index is 575. The Kier molecular flexibility index (Phi) is 3.62. The third-order valence-electron chi connectivity index (χ3n) is 2.29. The van der Waals surface area contributed by atoms with Crippen LogP contribution in [0.1, 0.15) is 0 Å². The monoisotopic (exact) mass is 269 g/mol. The van der Waals surface area contributed by atoms with Crippen LogP contribution in [0.5, 0.6) is 0 Å². The quantitative estimate of drug-likeness (QED) is 0.890. The lowest BCUT2D eigenvalue weighted by Crippen LogP contribution is -2.03. The van der Waals surface area contributed by atoms with Crippen LogP contribution in [-0.2, 0) is 0 Å². The minimum Gasteiger partial charge on any atom is -0.371 e. The van der Waals surface area contributed by atoms with Gasteiger partial charge in [-0.25, -0.2) is 13.8 Å². The number of nitrogens with one attached hydrogen (secondary N) is 2. The van der Waals surface area contributed by atoms with Crippen LogP contribution in [0.15, 0.2) is 30.3 Å². The average molecular weight is 270 g/mol. The molecule has 0 fully saturated rings. The van der Waals surface area contributed by atoms with E-state index in [1.165, 1.54) is 7.05 Å². The van der Waals surface area contributed by atoms with E-state index in [-0.39, 0.29) is 11.6 Å². The van der Waals surface area contributed by atoms with Crippen LogP contribution in [0.2, 0.25) is 5.02 Å². The molecule has 0 atom stereocenters. The molecule has 1 heterocycles. The van der Waals surface area contributed by atoms with Gasteiger partial charge < -0.3 is 10.6 Å². The largest absolute Gasteiger partial charge is 0.371 e. The van der Waals surface area contributed by atoms with Gasteiger partial charge in [0.25, 0.3) is 0 Å². The molecule has 0 radical (unpaired) electrons. The fourth-order valence-electron chi connectivity index (χ4n) is 1.42. The number of anilines is 3. The molecular formula is C12H10ClF2N3. The summed E-state index contributed by atoms with van der Waals surface area (Å²) in [7, 11) is 1.50. The standard InChI is InChI=1S/C12H10ClF2N3/c1-16-11-8(14)6-9(15)12(18-11)17-10-5-3-2-4-7(10)13/h2-6H,1H3,(H2,16,17,18). The molecule has 0 unspecified atom stereocenters.